The number of carbonyl (C=O) groups excluding carboxylic acids is 1. The van der Waals surface area contributed by atoms with Gasteiger partial charge in [-0.1, -0.05) is 0 Å². The molecular weight excluding hydrogens is 254 g/mol. The maximum Gasteiger partial charge on any atom is 0.257 e. The van der Waals surface area contributed by atoms with Gasteiger partial charge in [0.15, 0.2) is 5.82 Å². The van der Waals surface area contributed by atoms with Crippen molar-refractivity contribution in [3.63, 3.8) is 0 Å². The molecule has 7 heteroatoms. The summed E-state index contributed by atoms with van der Waals surface area (Å²) in [5, 5.41) is 8.71. The third kappa shape index (κ3) is 2.70. The molecule has 0 aliphatic carbocycles. The number of aryl methyl sites for hydroxylation is 1. The van der Waals surface area contributed by atoms with Crippen LogP contribution in [0.2, 0.25) is 0 Å². The average molecular weight is 266 g/mol. The minimum absolute atomic E-state index is 0.0630. The Balaban J connectivity index is 2.11. The summed E-state index contributed by atoms with van der Waals surface area (Å²) in [6, 6.07) is 3.05. The van der Waals surface area contributed by atoms with Crippen LogP contribution in [0.5, 0.6) is 0 Å². The number of rotatable bonds is 3. The first-order chi connectivity index (χ1) is 8.99. The smallest absolute Gasteiger partial charge is 0.257 e. The third-order valence-electron chi connectivity index (χ3n) is 2.65. The van der Waals surface area contributed by atoms with Crippen molar-refractivity contribution in [3.8, 4) is 0 Å². The molecule has 0 aliphatic heterocycles. The number of H-pyrrole nitrogens is 1. The van der Waals surface area contributed by atoms with E-state index in [1.165, 1.54) is 0 Å². The Labute approximate surface area is 107 Å². The van der Waals surface area contributed by atoms with Crippen LogP contribution in [0.25, 0.3) is 0 Å². The number of aromatic amines is 1. The van der Waals surface area contributed by atoms with E-state index in [1.54, 1.807) is 6.92 Å². The van der Waals surface area contributed by atoms with Crippen molar-refractivity contribution >= 4 is 11.7 Å². The second-order valence-corrected chi connectivity index (χ2v) is 4.03. The lowest BCUT2D eigenvalue weighted by Gasteiger charge is -2.06. The molecule has 0 radical (unpaired) electrons. The first kappa shape index (κ1) is 13.0. The summed E-state index contributed by atoms with van der Waals surface area (Å²) in [4.78, 5) is 11.8. The second kappa shape index (κ2) is 5.05. The highest BCUT2D eigenvalue weighted by atomic mass is 19.1. The van der Waals surface area contributed by atoms with E-state index < -0.39 is 17.5 Å². The number of anilines is 1. The van der Waals surface area contributed by atoms with Gasteiger partial charge in [0.2, 0.25) is 0 Å². The minimum Gasteiger partial charge on any atom is -0.382 e. The number of hydrogen-bond acceptors (Lipinski definition) is 3. The molecule has 1 aromatic carbocycles. The molecule has 0 spiro atoms. The Bertz CT molecular complexity index is 605. The number of nitrogens with one attached hydrogen (secondary N) is 2. The minimum atomic E-state index is -0.585. The number of nitrogen functional groups attached to an aromatic ring is 1. The zero-order valence-electron chi connectivity index (χ0n) is 10.1. The lowest BCUT2D eigenvalue weighted by atomic mass is 10.2. The number of halogens is 2. The van der Waals surface area contributed by atoms with Gasteiger partial charge in [-0.15, -0.1) is 0 Å². The van der Waals surface area contributed by atoms with E-state index >= 15 is 0 Å². The van der Waals surface area contributed by atoms with E-state index in [0.29, 0.717) is 5.69 Å². The molecule has 0 atom stereocenters. The number of nitrogens with two attached hydrogens (primary N) is 1. The van der Waals surface area contributed by atoms with Crippen LogP contribution in [0.4, 0.5) is 14.6 Å². The molecule has 100 valence electrons. The molecule has 19 heavy (non-hydrogen) atoms. The molecule has 0 fully saturated rings. The molecule has 0 aliphatic rings. The number of hydrogen-bond donors (Lipinski definition) is 3. The highest BCUT2D eigenvalue weighted by molar-refractivity contribution is 5.99. The highest BCUT2D eigenvalue weighted by Gasteiger charge is 2.16. The van der Waals surface area contributed by atoms with Crippen molar-refractivity contribution in [2.45, 2.75) is 13.5 Å². The molecule has 0 bridgehead atoms. The Morgan fingerprint density at radius 3 is 2.84 bits per heavy atom. The second-order valence-electron chi connectivity index (χ2n) is 4.03. The molecule has 0 saturated heterocycles. The van der Waals surface area contributed by atoms with Gasteiger partial charge < -0.3 is 11.1 Å². The predicted octanol–water partition coefficient (Wildman–Crippen LogP) is 1.51. The van der Waals surface area contributed by atoms with Crippen molar-refractivity contribution in [2.24, 2.45) is 0 Å². The van der Waals surface area contributed by atoms with Crippen LogP contribution >= 0.6 is 0 Å². The summed E-state index contributed by atoms with van der Waals surface area (Å²) in [6.45, 7) is 1.51. The van der Waals surface area contributed by atoms with E-state index in [-0.39, 0.29) is 23.5 Å². The highest BCUT2D eigenvalue weighted by Crippen LogP contribution is 2.13. The van der Waals surface area contributed by atoms with Gasteiger partial charge in [0.25, 0.3) is 5.91 Å². The van der Waals surface area contributed by atoms with Crippen molar-refractivity contribution in [2.75, 3.05) is 5.73 Å². The normalized spacial score (nSPS) is 10.5. The van der Waals surface area contributed by atoms with Gasteiger partial charge in [-0.25, -0.2) is 8.78 Å². The topological polar surface area (TPSA) is 83.8 Å². The molecule has 2 aromatic rings. The largest absolute Gasteiger partial charge is 0.382 e. The lowest BCUT2D eigenvalue weighted by Crippen LogP contribution is -2.24. The Morgan fingerprint density at radius 2 is 2.21 bits per heavy atom. The maximum absolute atomic E-state index is 13.4. The summed E-state index contributed by atoms with van der Waals surface area (Å²) in [7, 11) is 0. The van der Waals surface area contributed by atoms with Crippen molar-refractivity contribution < 1.29 is 13.6 Å². The van der Waals surface area contributed by atoms with Gasteiger partial charge in [-0.2, -0.15) is 5.10 Å². The lowest BCUT2D eigenvalue weighted by molar-refractivity contribution is 0.0951. The summed E-state index contributed by atoms with van der Waals surface area (Å²) in [6.07, 6.45) is 0. The molecule has 4 N–H and O–H groups in total. The van der Waals surface area contributed by atoms with Gasteiger partial charge in [0.05, 0.1) is 0 Å². The van der Waals surface area contributed by atoms with Crippen LogP contribution in [0, 0.1) is 18.6 Å². The van der Waals surface area contributed by atoms with Crippen LogP contribution in [-0.2, 0) is 6.54 Å². The van der Waals surface area contributed by atoms with Crippen LogP contribution in [-0.4, -0.2) is 16.1 Å². The van der Waals surface area contributed by atoms with Crippen LogP contribution in [0.3, 0.4) is 0 Å². The number of carbonyl (C=O) groups is 1. The fraction of sp³-hybridized carbons (Fsp3) is 0.167. The fourth-order valence-corrected chi connectivity index (χ4v) is 1.68. The molecule has 1 aromatic heterocycles. The summed E-state index contributed by atoms with van der Waals surface area (Å²) < 4.78 is 26.3. The monoisotopic (exact) mass is 266 g/mol. The number of benzene rings is 1. The molecule has 1 heterocycles. The van der Waals surface area contributed by atoms with Gasteiger partial charge in [-0.3, -0.25) is 9.89 Å². The Hall–Kier alpha value is -2.44. The van der Waals surface area contributed by atoms with E-state index in [0.717, 1.165) is 18.2 Å². The zero-order chi connectivity index (χ0) is 14.0. The number of amides is 1. The van der Waals surface area contributed by atoms with Crippen LogP contribution in [0.1, 0.15) is 21.6 Å². The Kier molecular flexibility index (Phi) is 3.46. The standard InChI is InChI=1S/C12H12F2N4O/c1-6-10(11(15)18-17-6)12(19)16-5-7-4-8(13)2-3-9(7)14/h2-4H,5H2,1H3,(H,16,19)(H3,15,17,18). The van der Waals surface area contributed by atoms with Crippen molar-refractivity contribution in [3.05, 3.63) is 46.7 Å². The van der Waals surface area contributed by atoms with Gasteiger partial charge in [0.1, 0.15) is 17.2 Å². The summed E-state index contributed by atoms with van der Waals surface area (Å²) in [5.74, 6) is -1.58. The zero-order valence-corrected chi connectivity index (χ0v) is 10.1. The first-order valence-electron chi connectivity index (χ1n) is 5.51. The van der Waals surface area contributed by atoms with E-state index in [2.05, 4.69) is 15.5 Å². The fourth-order valence-electron chi connectivity index (χ4n) is 1.68. The van der Waals surface area contributed by atoms with Crippen molar-refractivity contribution in [1.82, 2.24) is 15.5 Å². The summed E-state index contributed by atoms with van der Waals surface area (Å²) in [5.41, 5.74) is 6.31. The van der Waals surface area contributed by atoms with Crippen molar-refractivity contribution in [1.29, 1.82) is 0 Å². The van der Waals surface area contributed by atoms with E-state index in [4.69, 9.17) is 5.73 Å². The molecular formula is C12H12F2N4O. The Morgan fingerprint density at radius 1 is 1.47 bits per heavy atom. The van der Waals surface area contributed by atoms with Crippen LogP contribution < -0.4 is 11.1 Å². The third-order valence-corrected chi connectivity index (χ3v) is 2.65. The average Bonchev–Trinajstić information content (AvgIpc) is 2.70. The predicted molar refractivity (Wildman–Crippen MR) is 65.3 cm³/mol. The molecule has 0 unspecified atom stereocenters. The molecule has 5 nitrogen and oxygen atoms in total. The summed E-state index contributed by atoms with van der Waals surface area (Å²) >= 11 is 0. The van der Waals surface area contributed by atoms with Gasteiger partial charge in [0, 0.05) is 17.8 Å². The molecule has 2 rings (SSSR count). The maximum atomic E-state index is 13.4. The molecule has 1 amide bonds. The number of aromatic nitrogens is 2. The SMILES string of the molecule is Cc1[nH]nc(N)c1C(=O)NCc1cc(F)ccc1F. The number of nitrogens with zero attached hydrogens (tertiary/aromatic N) is 1. The first-order valence-corrected chi connectivity index (χ1v) is 5.51. The molecule has 0 saturated carbocycles. The van der Waals surface area contributed by atoms with E-state index in [1.807, 2.05) is 0 Å². The van der Waals surface area contributed by atoms with Gasteiger partial charge >= 0.3 is 0 Å². The van der Waals surface area contributed by atoms with Crippen LogP contribution in [0.15, 0.2) is 18.2 Å². The quantitative estimate of drug-likeness (QED) is 0.787. The van der Waals surface area contributed by atoms with E-state index in [9.17, 15) is 13.6 Å². The van der Waals surface area contributed by atoms with Gasteiger partial charge in [-0.05, 0) is 25.1 Å².